The summed E-state index contributed by atoms with van der Waals surface area (Å²) in [5.74, 6) is 0.157. The molecule has 0 fully saturated rings. The molecule has 2 aromatic heterocycles. The molecular weight excluding hydrogens is 612 g/mol. The molecule has 2 aliphatic rings. The predicted octanol–water partition coefficient (Wildman–Crippen LogP) is 3.89. The molecule has 14 heteroatoms. The van der Waals surface area contributed by atoms with Crippen molar-refractivity contribution in [3.05, 3.63) is 79.5 Å². The van der Waals surface area contributed by atoms with E-state index in [2.05, 4.69) is 4.18 Å². The van der Waals surface area contributed by atoms with Crippen molar-refractivity contribution in [2.75, 3.05) is 14.1 Å². The largest absolute Gasteiger partial charge is 0.422 e. The summed E-state index contributed by atoms with van der Waals surface area (Å²) in [5, 5.41) is 6.52. The second-order valence-corrected chi connectivity index (χ2v) is 13.9. The molecule has 0 unspecified atom stereocenters. The molecule has 0 atom stereocenters. The minimum atomic E-state index is -4.10. The zero-order chi connectivity index (χ0) is 31.6. The third-order valence-corrected chi connectivity index (χ3v) is 9.47. The van der Waals surface area contributed by atoms with Gasteiger partial charge in [-0.3, -0.25) is 0 Å². The predicted molar refractivity (Wildman–Crippen MR) is 164 cm³/mol. The van der Waals surface area contributed by atoms with E-state index in [9.17, 15) is 26.4 Å². The van der Waals surface area contributed by atoms with Crippen LogP contribution in [0.15, 0.2) is 54.8 Å². The molecule has 2 N–H and O–H groups in total. The fourth-order valence-electron chi connectivity index (χ4n) is 5.64. The number of benzene rings is 2. The summed E-state index contributed by atoms with van der Waals surface area (Å²) in [4.78, 5) is 24.3. The second-order valence-electron chi connectivity index (χ2n) is 11.0. The Labute approximate surface area is 254 Å². The summed E-state index contributed by atoms with van der Waals surface area (Å²) in [5.41, 5.74) is 3.51. The molecule has 236 valence electrons. The van der Waals surface area contributed by atoms with E-state index in [0.29, 0.717) is 11.2 Å². The minimum Gasteiger partial charge on any atom is -0.422 e. The lowest BCUT2D eigenvalue weighted by Crippen LogP contribution is -2.27. The van der Waals surface area contributed by atoms with Gasteiger partial charge in [0.25, 0.3) is 0 Å². The first-order valence-corrected chi connectivity index (χ1v) is 17.2. The van der Waals surface area contributed by atoms with Gasteiger partial charge in [0, 0.05) is 48.1 Å². The molecule has 0 amide bonds. The minimum absolute atomic E-state index is 0.0294. The molecule has 2 heterocycles. The van der Waals surface area contributed by atoms with E-state index in [1.807, 2.05) is 0 Å². The van der Waals surface area contributed by atoms with Crippen molar-refractivity contribution in [3.8, 4) is 11.5 Å². The van der Waals surface area contributed by atoms with Crippen LogP contribution in [0.2, 0.25) is 0 Å². The molecule has 2 aromatic carbocycles. The van der Waals surface area contributed by atoms with Crippen molar-refractivity contribution in [3.63, 3.8) is 0 Å². The van der Waals surface area contributed by atoms with Crippen LogP contribution in [0.1, 0.15) is 60.8 Å². The number of aryl methyl sites for hydroxylation is 2. The van der Waals surface area contributed by atoms with Crippen molar-refractivity contribution < 1.29 is 34.0 Å². The van der Waals surface area contributed by atoms with Crippen LogP contribution in [0.5, 0.6) is 11.5 Å². The summed E-state index contributed by atoms with van der Waals surface area (Å²) in [6.45, 7) is 0. The van der Waals surface area contributed by atoms with Gasteiger partial charge < -0.3 is 17.2 Å². The van der Waals surface area contributed by atoms with Gasteiger partial charge in [-0.05, 0) is 86.8 Å². The average Bonchev–Trinajstić information content (AvgIpc) is 3.35. The van der Waals surface area contributed by atoms with E-state index in [1.165, 1.54) is 32.3 Å². The Morgan fingerprint density at radius 2 is 1.05 bits per heavy atom. The maximum atomic E-state index is 12.2. The molecule has 0 aliphatic heterocycles. The van der Waals surface area contributed by atoms with Crippen LogP contribution in [0.25, 0.3) is 21.9 Å². The number of hydrogen-bond donors (Lipinski definition) is 1. The number of fused-ring (bicyclic) bond motifs is 6. The Morgan fingerprint density at radius 3 is 1.45 bits per heavy atom. The highest BCUT2D eigenvalue weighted by Crippen LogP contribution is 2.30. The Kier molecular flexibility index (Phi) is 9.16. The topological polar surface area (TPSA) is 176 Å². The van der Waals surface area contributed by atoms with Crippen molar-refractivity contribution >= 4 is 42.5 Å². The highest BCUT2D eigenvalue weighted by atomic mass is 32.2. The van der Waals surface area contributed by atoms with E-state index < -0.39 is 20.6 Å². The summed E-state index contributed by atoms with van der Waals surface area (Å²) in [7, 11) is -5.17. The molecule has 0 bridgehead atoms. The van der Waals surface area contributed by atoms with Crippen molar-refractivity contribution in [2.24, 2.45) is 5.14 Å². The SMILES string of the molecule is CN(C)S(=O)(=O)Oc1ccc2c3c(c(=O)oc2c1)CCCCC3.NS(=O)(=O)Oc1ccc2c3c(c(=O)oc2c1)CCCCC3. The molecule has 6 rings (SSSR count). The van der Waals surface area contributed by atoms with E-state index in [0.717, 1.165) is 102 Å². The van der Waals surface area contributed by atoms with Crippen LogP contribution in [0.3, 0.4) is 0 Å². The van der Waals surface area contributed by atoms with Gasteiger partial charge in [-0.25, -0.2) is 9.59 Å². The maximum absolute atomic E-state index is 12.2. The Morgan fingerprint density at radius 1 is 0.636 bits per heavy atom. The monoisotopic (exact) mass is 646 g/mol. The first kappa shape index (κ1) is 31.7. The highest BCUT2D eigenvalue weighted by Gasteiger charge is 2.20. The van der Waals surface area contributed by atoms with Gasteiger partial charge in [0.1, 0.15) is 22.7 Å². The Hall–Kier alpha value is -3.72. The van der Waals surface area contributed by atoms with Crippen LogP contribution >= 0.6 is 0 Å². The molecule has 44 heavy (non-hydrogen) atoms. The zero-order valence-electron chi connectivity index (χ0n) is 24.5. The first-order chi connectivity index (χ1) is 20.8. The van der Waals surface area contributed by atoms with Crippen LogP contribution in [-0.4, -0.2) is 35.2 Å². The molecule has 0 saturated heterocycles. The summed E-state index contributed by atoms with van der Waals surface area (Å²) >= 11 is 0. The summed E-state index contributed by atoms with van der Waals surface area (Å²) in [6, 6.07) is 9.42. The van der Waals surface area contributed by atoms with E-state index in [-0.39, 0.29) is 22.8 Å². The van der Waals surface area contributed by atoms with Gasteiger partial charge in [0.2, 0.25) is 0 Å². The lowest BCUT2D eigenvalue weighted by Gasteiger charge is -2.13. The fourth-order valence-corrected chi connectivity index (χ4v) is 6.51. The third kappa shape index (κ3) is 7.15. The summed E-state index contributed by atoms with van der Waals surface area (Å²) < 4.78 is 66.8. The second kappa shape index (κ2) is 12.7. The van der Waals surface area contributed by atoms with Crippen molar-refractivity contribution in [1.82, 2.24) is 4.31 Å². The zero-order valence-corrected chi connectivity index (χ0v) is 26.1. The van der Waals surface area contributed by atoms with Crippen LogP contribution in [0, 0.1) is 0 Å². The number of nitrogens with zero attached hydrogens (tertiary/aromatic N) is 1. The number of rotatable bonds is 5. The highest BCUT2D eigenvalue weighted by molar-refractivity contribution is 7.84. The molecule has 2 aliphatic carbocycles. The van der Waals surface area contributed by atoms with E-state index >= 15 is 0 Å². The maximum Gasteiger partial charge on any atom is 0.384 e. The van der Waals surface area contributed by atoms with Gasteiger partial charge in [0.15, 0.2) is 0 Å². The smallest absolute Gasteiger partial charge is 0.384 e. The molecule has 0 spiro atoms. The van der Waals surface area contributed by atoms with Crippen LogP contribution in [0.4, 0.5) is 0 Å². The quantitative estimate of drug-likeness (QED) is 0.247. The molecule has 12 nitrogen and oxygen atoms in total. The van der Waals surface area contributed by atoms with Gasteiger partial charge in [-0.2, -0.15) is 26.3 Å². The Balaban J connectivity index is 0.000000175. The van der Waals surface area contributed by atoms with Crippen LogP contribution in [-0.2, 0) is 46.3 Å². The standard InChI is InChI=1S/C16H19NO5S.C14H15NO5S/c1-17(2)23(19,20)22-11-8-9-13-12-6-4-3-5-7-14(12)16(18)21-15(13)10-11;15-21(17,18)20-9-6-7-11-10-4-2-1-3-5-12(10)14(16)19-13(11)8-9/h8-10H,3-7H2,1-2H3;6-8H,1-5H2,(H2,15,17,18). The third-order valence-electron chi connectivity index (χ3n) is 7.75. The molecule has 4 aromatic rings. The summed E-state index contributed by atoms with van der Waals surface area (Å²) in [6.07, 6.45) is 9.35. The number of nitrogens with two attached hydrogens (primary N) is 1. The lowest BCUT2D eigenvalue weighted by molar-refractivity contribution is 0.421. The van der Waals surface area contributed by atoms with Crippen molar-refractivity contribution in [2.45, 2.75) is 64.2 Å². The van der Waals surface area contributed by atoms with E-state index in [1.54, 1.807) is 18.2 Å². The fraction of sp³-hybridized carbons (Fsp3) is 0.400. The van der Waals surface area contributed by atoms with Gasteiger partial charge >= 0.3 is 31.9 Å². The molecular formula is C30H34N2O10S2. The van der Waals surface area contributed by atoms with Crippen LogP contribution < -0.4 is 24.8 Å². The molecule has 0 saturated carbocycles. The van der Waals surface area contributed by atoms with Gasteiger partial charge in [-0.1, -0.05) is 12.8 Å². The average molecular weight is 647 g/mol. The van der Waals surface area contributed by atoms with E-state index in [4.69, 9.17) is 18.2 Å². The lowest BCUT2D eigenvalue weighted by atomic mass is 10.0. The normalized spacial score (nSPS) is 15.5. The molecule has 0 radical (unpaired) electrons. The van der Waals surface area contributed by atoms with Crippen molar-refractivity contribution in [1.29, 1.82) is 0 Å². The van der Waals surface area contributed by atoms with Gasteiger partial charge in [-0.15, -0.1) is 0 Å². The first-order valence-electron chi connectivity index (χ1n) is 14.3. The number of hydrogen-bond acceptors (Lipinski definition) is 10. The Bertz CT molecular complexity index is 2050. The van der Waals surface area contributed by atoms with Gasteiger partial charge in [0.05, 0.1) is 0 Å².